The predicted octanol–water partition coefficient (Wildman–Crippen LogP) is 6.02. The van der Waals surface area contributed by atoms with Gasteiger partial charge in [0.1, 0.15) is 17.7 Å². The van der Waals surface area contributed by atoms with Crippen molar-refractivity contribution in [3.63, 3.8) is 0 Å². The van der Waals surface area contributed by atoms with Crippen LogP contribution in [-0.4, -0.2) is 20.4 Å². The number of amides is 1. The van der Waals surface area contributed by atoms with E-state index in [0.29, 0.717) is 35.7 Å². The zero-order chi connectivity index (χ0) is 26.9. The van der Waals surface area contributed by atoms with E-state index in [-0.39, 0.29) is 35.7 Å². The van der Waals surface area contributed by atoms with Crippen molar-refractivity contribution in [2.24, 2.45) is 0 Å². The van der Waals surface area contributed by atoms with Crippen LogP contribution in [-0.2, 0) is 29.9 Å². The Kier molecular flexibility index (Phi) is 7.04. The van der Waals surface area contributed by atoms with Gasteiger partial charge in [0.15, 0.2) is 5.16 Å². The fourth-order valence-corrected chi connectivity index (χ4v) is 6.72. The Hall–Kier alpha value is -3.78. The number of carbonyl (C=O) groups is 1. The lowest BCUT2D eigenvalue weighted by Crippen LogP contribution is -2.32. The standard InChI is InChI=1S/C31H27F2N3O2S/c32-23-14-12-20(13-15-23)19-39-31-34-29(37)25-10-5-11-26(25)36(31)28-17-27(22-7-2-1-3-8-22)35(30(28)38)18-21-6-4-9-24(33)16-21/h1-4,6-9,12-16,27-28H,5,10-11,17-19H2. The molecule has 1 fully saturated rings. The van der Waals surface area contributed by atoms with Gasteiger partial charge in [-0.2, -0.15) is 4.98 Å². The van der Waals surface area contributed by atoms with Crippen molar-refractivity contribution in [3.05, 3.63) is 129 Å². The number of hydrogen-bond donors (Lipinski definition) is 0. The average Bonchev–Trinajstić information content (AvgIpc) is 3.55. The van der Waals surface area contributed by atoms with E-state index in [1.165, 1.54) is 36.0 Å². The van der Waals surface area contributed by atoms with Crippen LogP contribution in [0.15, 0.2) is 88.8 Å². The number of benzene rings is 3. The van der Waals surface area contributed by atoms with Gasteiger partial charge in [-0.05, 0) is 60.2 Å². The summed E-state index contributed by atoms with van der Waals surface area (Å²) in [6.07, 6.45) is 2.72. The first-order valence-electron chi connectivity index (χ1n) is 13.1. The molecule has 4 aromatic rings. The molecule has 2 unspecified atom stereocenters. The monoisotopic (exact) mass is 543 g/mol. The molecule has 39 heavy (non-hydrogen) atoms. The Morgan fingerprint density at radius 2 is 1.64 bits per heavy atom. The molecule has 2 atom stereocenters. The van der Waals surface area contributed by atoms with Gasteiger partial charge in [-0.1, -0.05) is 66.4 Å². The molecule has 1 aliphatic heterocycles. The van der Waals surface area contributed by atoms with Gasteiger partial charge in [0.05, 0.1) is 6.04 Å². The number of rotatable bonds is 7. The van der Waals surface area contributed by atoms with Crippen LogP contribution in [0.2, 0.25) is 0 Å². The second-order valence-corrected chi connectivity index (χ2v) is 11.0. The molecule has 2 heterocycles. The summed E-state index contributed by atoms with van der Waals surface area (Å²) in [5.41, 5.74) is 3.97. The third-order valence-electron chi connectivity index (χ3n) is 7.55. The molecule has 8 heteroatoms. The van der Waals surface area contributed by atoms with E-state index in [9.17, 15) is 18.4 Å². The second kappa shape index (κ2) is 10.8. The summed E-state index contributed by atoms with van der Waals surface area (Å²) in [6, 6.07) is 21.7. The molecule has 198 valence electrons. The van der Waals surface area contributed by atoms with Crippen molar-refractivity contribution in [1.29, 1.82) is 0 Å². The van der Waals surface area contributed by atoms with Crippen LogP contribution in [0.1, 0.15) is 52.9 Å². The van der Waals surface area contributed by atoms with Gasteiger partial charge in [-0.25, -0.2) is 8.78 Å². The largest absolute Gasteiger partial charge is 0.329 e. The van der Waals surface area contributed by atoms with E-state index in [4.69, 9.17) is 0 Å². The molecular formula is C31H27F2N3O2S. The summed E-state index contributed by atoms with van der Waals surface area (Å²) in [5, 5.41) is 0.503. The lowest BCUT2D eigenvalue weighted by atomic mass is 10.0. The number of aromatic nitrogens is 2. The molecule has 1 aliphatic carbocycles. The number of halogens is 2. The van der Waals surface area contributed by atoms with E-state index in [0.717, 1.165) is 28.8 Å². The van der Waals surface area contributed by atoms with Crippen LogP contribution in [0.5, 0.6) is 0 Å². The summed E-state index contributed by atoms with van der Waals surface area (Å²) >= 11 is 1.39. The highest BCUT2D eigenvalue weighted by molar-refractivity contribution is 7.98. The maximum Gasteiger partial charge on any atom is 0.277 e. The molecule has 1 saturated heterocycles. The minimum Gasteiger partial charge on any atom is -0.329 e. The molecule has 0 N–H and O–H groups in total. The fraction of sp³-hybridized carbons (Fsp3) is 0.258. The maximum atomic E-state index is 14.2. The molecule has 6 rings (SSSR count). The number of carbonyl (C=O) groups excluding carboxylic acids is 1. The van der Waals surface area contributed by atoms with E-state index in [1.807, 2.05) is 45.9 Å². The normalized spacial score (nSPS) is 18.5. The second-order valence-electron chi connectivity index (χ2n) is 10.0. The van der Waals surface area contributed by atoms with Crippen LogP contribution in [0.25, 0.3) is 0 Å². The number of fused-ring (bicyclic) bond motifs is 1. The van der Waals surface area contributed by atoms with Gasteiger partial charge in [-0.3, -0.25) is 9.59 Å². The molecule has 0 saturated carbocycles. The van der Waals surface area contributed by atoms with Crippen molar-refractivity contribution in [3.8, 4) is 0 Å². The number of likely N-dealkylation sites (tertiary alicyclic amines) is 1. The first-order chi connectivity index (χ1) is 19.0. The highest BCUT2D eigenvalue weighted by Crippen LogP contribution is 2.43. The molecule has 2 aliphatic rings. The van der Waals surface area contributed by atoms with Gasteiger partial charge >= 0.3 is 0 Å². The highest BCUT2D eigenvalue weighted by atomic mass is 32.2. The van der Waals surface area contributed by atoms with Crippen LogP contribution >= 0.6 is 11.8 Å². The quantitative estimate of drug-likeness (QED) is 0.211. The third-order valence-corrected chi connectivity index (χ3v) is 8.57. The van der Waals surface area contributed by atoms with Crippen molar-refractivity contribution in [2.45, 2.75) is 55.2 Å². The van der Waals surface area contributed by atoms with Gasteiger partial charge in [0.2, 0.25) is 5.91 Å². The Bertz CT molecular complexity index is 1570. The molecule has 0 bridgehead atoms. The number of hydrogen-bond acceptors (Lipinski definition) is 4. The lowest BCUT2D eigenvalue weighted by molar-refractivity contribution is -0.132. The SMILES string of the molecule is O=C1C(n2c(SCc3ccc(F)cc3)nc(=O)c3c2CCC3)CC(c2ccccc2)N1Cc1cccc(F)c1. The summed E-state index contributed by atoms with van der Waals surface area (Å²) in [7, 11) is 0. The maximum absolute atomic E-state index is 14.2. The van der Waals surface area contributed by atoms with Gasteiger partial charge in [0, 0.05) is 30.0 Å². The van der Waals surface area contributed by atoms with Gasteiger partial charge < -0.3 is 9.47 Å². The third kappa shape index (κ3) is 5.13. The van der Waals surface area contributed by atoms with Crippen molar-refractivity contribution in [2.75, 3.05) is 0 Å². The molecule has 0 spiro atoms. The fourth-order valence-electron chi connectivity index (χ4n) is 5.71. The molecular weight excluding hydrogens is 516 g/mol. The van der Waals surface area contributed by atoms with E-state index < -0.39 is 6.04 Å². The first kappa shape index (κ1) is 25.5. The Labute approximate surface area is 229 Å². The van der Waals surface area contributed by atoms with Crippen LogP contribution in [0.3, 0.4) is 0 Å². The van der Waals surface area contributed by atoms with Gasteiger partial charge in [0.25, 0.3) is 5.56 Å². The molecule has 3 aromatic carbocycles. The Morgan fingerprint density at radius 1 is 0.846 bits per heavy atom. The van der Waals surface area contributed by atoms with E-state index in [1.54, 1.807) is 18.2 Å². The van der Waals surface area contributed by atoms with E-state index >= 15 is 0 Å². The number of thioether (sulfide) groups is 1. The van der Waals surface area contributed by atoms with E-state index in [2.05, 4.69) is 4.98 Å². The average molecular weight is 544 g/mol. The first-order valence-corrected chi connectivity index (χ1v) is 14.1. The van der Waals surface area contributed by atoms with Crippen molar-refractivity contribution >= 4 is 17.7 Å². The zero-order valence-electron chi connectivity index (χ0n) is 21.2. The smallest absolute Gasteiger partial charge is 0.277 e. The van der Waals surface area contributed by atoms with Gasteiger partial charge in [-0.15, -0.1) is 0 Å². The molecule has 1 aromatic heterocycles. The molecule has 5 nitrogen and oxygen atoms in total. The predicted molar refractivity (Wildman–Crippen MR) is 146 cm³/mol. The molecule has 1 amide bonds. The topological polar surface area (TPSA) is 55.2 Å². The van der Waals surface area contributed by atoms with Crippen LogP contribution in [0, 0.1) is 11.6 Å². The summed E-state index contributed by atoms with van der Waals surface area (Å²) in [4.78, 5) is 33.4. The van der Waals surface area contributed by atoms with Crippen molar-refractivity contribution in [1.82, 2.24) is 14.5 Å². The van der Waals surface area contributed by atoms with Crippen LogP contribution in [0.4, 0.5) is 8.78 Å². The summed E-state index contributed by atoms with van der Waals surface area (Å²) < 4.78 is 29.4. The highest BCUT2D eigenvalue weighted by Gasteiger charge is 2.43. The van der Waals surface area contributed by atoms with Crippen molar-refractivity contribution < 1.29 is 13.6 Å². The Balaban J connectivity index is 1.40. The minimum atomic E-state index is -0.542. The minimum absolute atomic E-state index is 0.0729. The summed E-state index contributed by atoms with van der Waals surface area (Å²) in [5.74, 6) is -0.231. The lowest BCUT2D eigenvalue weighted by Gasteiger charge is -2.25. The van der Waals surface area contributed by atoms with Crippen LogP contribution < -0.4 is 5.56 Å². The number of nitrogens with zero attached hydrogens (tertiary/aromatic N) is 3. The Morgan fingerprint density at radius 3 is 2.41 bits per heavy atom. The molecule has 0 radical (unpaired) electrons. The zero-order valence-corrected chi connectivity index (χ0v) is 22.0. The summed E-state index contributed by atoms with van der Waals surface area (Å²) in [6.45, 7) is 0.278.